The number of carbonyl (C=O) groups is 1. The first kappa shape index (κ1) is 19.9. The highest BCUT2D eigenvalue weighted by atomic mass is 16.2. The monoisotopic (exact) mass is 396 g/mol. The van der Waals surface area contributed by atoms with Crippen molar-refractivity contribution in [1.29, 1.82) is 0 Å². The van der Waals surface area contributed by atoms with Crippen molar-refractivity contribution in [2.75, 3.05) is 64.3 Å². The lowest BCUT2D eigenvalue weighted by Gasteiger charge is -2.36. The maximum Gasteiger partial charge on any atom is 0.274 e. The van der Waals surface area contributed by atoms with Crippen molar-refractivity contribution in [3.05, 3.63) is 48.3 Å². The smallest absolute Gasteiger partial charge is 0.274 e. The van der Waals surface area contributed by atoms with Crippen LogP contribution in [0.5, 0.6) is 0 Å². The fraction of sp³-hybridized carbons (Fsp3) is 0.545. The zero-order valence-electron chi connectivity index (χ0n) is 17.3. The third-order valence-electron chi connectivity index (χ3n) is 6.06. The van der Waals surface area contributed by atoms with Crippen molar-refractivity contribution in [2.45, 2.75) is 18.9 Å². The molecule has 0 bridgehead atoms. The summed E-state index contributed by atoms with van der Waals surface area (Å²) in [5.74, 6) is 0.00967. The summed E-state index contributed by atoms with van der Waals surface area (Å²) in [6.07, 6.45) is 4.22. The Labute approximate surface area is 173 Å². The van der Waals surface area contributed by atoms with E-state index in [4.69, 9.17) is 0 Å². The molecule has 7 nitrogen and oxygen atoms in total. The Bertz CT molecular complexity index is 778. The molecule has 0 saturated carbocycles. The van der Waals surface area contributed by atoms with E-state index in [1.807, 2.05) is 24.0 Å². The molecule has 2 aliphatic rings. The molecular weight excluding hydrogens is 364 g/mol. The Morgan fingerprint density at radius 2 is 1.97 bits per heavy atom. The molecule has 156 valence electrons. The first-order chi connectivity index (χ1) is 14.2. The summed E-state index contributed by atoms with van der Waals surface area (Å²) >= 11 is 0. The maximum atomic E-state index is 12.8. The van der Waals surface area contributed by atoms with Crippen molar-refractivity contribution < 1.29 is 4.79 Å². The lowest BCUT2D eigenvalue weighted by atomic mass is 10.1. The molecule has 2 saturated heterocycles. The second-order valence-corrected chi connectivity index (χ2v) is 8.07. The van der Waals surface area contributed by atoms with Gasteiger partial charge in [-0.15, -0.1) is 0 Å². The highest BCUT2D eigenvalue weighted by Gasteiger charge is 2.21. The third-order valence-corrected chi connectivity index (χ3v) is 6.06. The number of benzene rings is 1. The first-order valence-electron chi connectivity index (χ1n) is 10.7. The number of carbonyl (C=O) groups excluding carboxylic acids is 1. The minimum absolute atomic E-state index is 0.00967. The molecular formula is C22H32N6O. The van der Waals surface area contributed by atoms with Crippen molar-refractivity contribution in [3.63, 3.8) is 0 Å². The second-order valence-electron chi connectivity index (χ2n) is 8.07. The summed E-state index contributed by atoms with van der Waals surface area (Å²) in [5, 5.41) is 7.96. The highest BCUT2D eigenvalue weighted by Crippen LogP contribution is 2.17. The Morgan fingerprint density at radius 3 is 2.69 bits per heavy atom. The summed E-state index contributed by atoms with van der Waals surface area (Å²) in [5.41, 5.74) is 1.84. The minimum Gasteiger partial charge on any atom is -0.369 e. The quantitative estimate of drug-likeness (QED) is 0.806. The molecule has 4 rings (SSSR count). The van der Waals surface area contributed by atoms with Crippen molar-refractivity contribution in [2.24, 2.45) is 0 Å². The SMILES string of the molecule is CN(CCN1CCN(c2ccccc2)CC1)C(=O)c1ccn(C2CCCNC2)n1. The van der Waals surface area contributed by atoms with Gasteiger partial charge in [-0.25, -0.2) is 0 Å². The van der Waals surface area contributed by atoms with Crippen LogP contribution < -0.4 is 10.2 Å². The number of piperazine rings is 1. The van der Waals surface area contributed by atoms with Gasteiger partial charge in [0.25, 0.3) is 5.91 Å². The Balaban J connectivity index is 1.23. The molecule has 1 atom stereocenters. The zero-order valence-corrected chi connectivity index (χ0v) is 17.3. The van der Waals surface area contributed by atoms with Crippen LogP contribution in [-0.2, 0) is 0 Å². The molecule has 1 aromatic heterocycles. The molecule has 2 aliphatic heterocycles. The fourth-order valence-electron chi connectivity index (χ4n) is 4.17. The molecule has 1 N–H and O–H groups in total. The van der Waals surface area contributed by atoms with Gasteiger partial charge >= 0.3 is 0 Å². The van der Waals surface area contributed by atoms with E-state index >= 15 is 0 Å². The first-order valence-corrected chi connectivity index (χ1v) is 10.7. The van der Waals surface area contributed by atoms with Crippen molar-refractivity contribution in [3.8, 4) is 0 Å². The van der Waals surface area contributed by atoms with E-state index in [0.29, 0.717) is 11.7 Å². The van der Waals surface area contributed by atoms with Crippen LogP contribution >= 0.6 is 0 Å². The topological polar surface area (TPSA) is 56.6 Å². The van der Waals surface area contributed by atoms with Crippen LogP contribution in [0, 0.1) is 0 Å². The van der Waals surface area contributed by atoms with Gasteiger partial charge in [-0.1, -0.05) is 18.2 Å². The van der Waals surface area contributed by atoms with E-state index in [1.54, 1.807) is 4.90 Å². The molecule has 0 aliphatic carbocycles. The van der Waals surface area contributed by atoms with E-state index < -0.39 is 0 Å². The summed E-state index contributed by atoms with van der Waals surface area (Å²) < 4.78 is 1.95. The van der Waals surface area contributed by atoms with E-state index in [1.165, 1.54) is 5.69 Å². The Hall–Kier alpha value is -2.38. The van der Waals surface area contributed by atoms with Gasteiger partial charge in [0.2, 0.25) is 0 Å². The van der Waals surface area contributed by atoms with E-state index in [-0.39, 0.29) is 5.91 Å². The molecule has 2 aromatic rings. The number of rotatable bonds is 6. The van der Waals surface area contributed by atoms with Gasteiger partial charge in [-0.05, 0) is 37.6 Å². The summed E-state index contributed by atoms with van der Waals surface area (Å²) in [6, 6.07) is 12.8. The molecule has 2 fully saturated rings. The predicted octanol–water partition coefficient (Wildman–Crippen LogP) is 1.70. The standard InChI is InChI=1S/C22H32N6O/c1-25(22(29)21-9-11-28(24-21)20-8-5-10-23-18-20)12-13-26-14-16-27(17-15-26)19-6-3-2-4-7-19/h2-4,6-7,9,11,20,23H,5,8,10,12-18H2,1H3. The van der Waals surface area contributed by atoms with Gasteiger partial charge in [0.15, 0.2) is 0 Å². The number of anilines is 1. The second kappa shape index (κ2) is 9.41. The van der Waals surface area contributed by atoms with E-state index in [9.17, 15) is 4.79 Å². The maximum absolute atomic E-state index is 12.8. The Kier molecular flexibility index (Phi) is 6.46. The third kappa shape index (κ3) is 4.97. The largest absolute Gasteiger partial charge is 0.369 e. The van der Waals surface area contributed by atoms with Crippen LogP contribution in [0.1, 0.15) is 29.4 Å². The Morgan fingerprint density at radius 1 is 1.17 bits per heavy atom. The summed E-state index contributed by atoms with van der Waals surface area (Å²) in [4.78, 5) is 19.4. The van der Waals surface area contributed by atoms with Crippen LogP contribution in [0.4, 0.5) is 5.69 Å². The van der Waals surface area contributed by atoms with Crippen molar-refractivity contribution >= 4 is 11.6 Å². The van der Waals surface area contributed by atoms with Crippen LogP contribution in [0.15, 0.2) is 42.6 Å². The fourth-order valence-corrected chi connectivity index (χ4v) is 4.17. The number of amides is 1. The van der Waals surface area contributed by atoms with Gasteiger partial charge < -0.3 is 15.1 Å². The van der Waals surface area contributed by atoms with Gasteiger partial charge in [-0.2, -0.15) is 5.10 Å². The molecule has 1 amide bonds. The lowest BCUT2D eigenvalue weighted by molar-refractivity contribution is 0.0769. The van der Waals surface area contributed by atoms with Crippen LogP contribution in [0.3, 0.4) is 0 Å². The number of piperidine rings is 1. The van der Waals surface area contributed by atoms with Gasteiger partial charge in [-0.3, -0.25) is 14.4 Å². The number of nitrogens with zero attached hydrogens (tertiary/aromatic N) is 5. The normalized spacial score (nSPS) is 20.6. The van der Waals surface area contributed by atoms with E-state index in [0.717, 1.165) is 65.2 Å². The highest BCUT2D eigenvalue weighted by molar-refractivity contribution is 5.92. The van der Waals surface area contributed by atoms with Crippen LogP contribution in [0.2, 0.25) is 0 Å². The minimum atomic E-state index is 0.00967. The van der Waals surface area contributed by atoms with Crippen LogP contribution in [-0.4, -0.2) is 84.9 Å². The van der Waals surface area contributed by atoms with Gasteiger partial charge in [0.05, 0.1) is 6.04 Å². The number of hydrogen-bond acceptors (Lipinski definition) is 5. The molecule has 7 heteroatoms. The molecule has 1 unspecified atom stereocenters. The predicted molar refractivity (Wildman–Crippen MR) is 115 cm³/mol. The molecule has 3 heterocycles. The lowest BCUT2D eigenvalue weighted by Crippen LogP contribution is -2.48. The van der Waals surface area contributed by atoms with E-state index in [2.05, 4.69) is 50.5 Å². The molecule has 29 heavy (non-hydrogen) atoms. The summed E-state index contributed by atoms with van der Waals surface area (Å²) in [6.45, 7) is 7.75. The number of para-hydroxylation sites is 1. The molecule has 0 radical (unpaired) electrons. The molecule has 0 spiro atoms. The van der Waals surface area contributed by atoms with Crippen LogP contribution in [0.25, 0.3) is 0 Å². The van der Waals surface area contributed by atoms with Gasteiger partial charge in [0.1, 0.15) is 5.69 Å². The average Bonchev–Trinajstić information content (AvgIpc) is 3.29. The van der Waals surface area contributed by atoms with Gasteiger partial charge in [0, 0.05) is 64.7 Å². The number of hydrogen-bond donors (Lipinski definition) is 1. The average molecular weight is 397 g/mol. The molecule has 1 aromatic carbocycles. The number of likely N-dealkylation sites (N-methyl/N-ethyl adjacent to an activating group) is 1. The number of aromatic nitrogens is 2. The number of nitrogens with one attached hydrogen (secondary N) is 1. The summed E-state index contributed by atoms with van der Waals surface area (Å²) in [7, 11) is 1.88. The zero-order chi connectivity index (χ0) is 20.1. The van der Waals surface area contributed by atoms with Crippen molar-refractivity contribution in [1.82, 2.24) is 24.9 Å².